The van der Waals surface area contributed by atoms with E-state index in [0.29, 0.717) is 34.9 Å². The summed E-state index contributed by atoms with van der Waals surface area (Å²) in [6, 6.07) is 60.8. The Hall–Kier alpha value is -8.00. The first-order valence-corrected chi connectivity index (χ1v) is 22.2. The molecule has 0 aliphatic heterocycles. The number of aromatic nitrogens is 6. The van der Waals surface area contributed by atoms with E-state index >= 15 is 0 Å². The van der Waals surface area contributed by atoms with Crippen LogP contribution in [-0.2, 0) is 6.42 Å². The Morgan fingerprint density at radius 3 is 1.31 bits per heavy atom. The number of thiophene rings is 1. The fourth-order valence-corrected chi connectivity index (χ4v) is 9.25. The molecular formula is C57H40N6S. The summed E-state index contributed by atoms with van der Waals surface area (Å²) in [6.45, 7) is 4.17. The Morgan fingerprint density at radius 1 is 0.375 bits per heavy atom. The van der Waals surface area contributed by atoms with Crippen LogP contribution in [0.4, 0.5) is 0 Å². The van der Waals surface area contributed by atoms with Crippen molar-refractivity contribution >= 4 is 33.1 Å². The summed E-state index contributed by atoms with van der Waals surface area (Å²) in [4.78, 5) is 31.3. The summed E-state index contributed by atoms with van der Waals surface area (Å²) < 4.78 is 1.26. The summed E-state index contributed by atoms with van der Waals surface area (Å²) in [6.07, 6.45) is 7.73. The molecule has 0 saturated heterocycles. The molecule has 10 aromatic rings. The zero-order valence-corrected chi connectivity index (χ0v) is 36.1. The lowest BCUT2D eigenvalue weighted by Crippen LogP contribution is -2.00. The lowest BCUT2D eigenvalue weighted by molar-refractivity contribution is 1.07. The molecule has 6 nitrogen and oxygen atoms in total. The molecule has 11 rings (SSSR count). The van der Waals surface area contributed by atoms with E-state index in [0.717, 1.165) is 62.1 Å². The van der Waals surface area contributed by atoms with Crippen LogP contribution in [0.5, 0.6) is 0 Å². The topological polar surface area (TPSA) is 77.3 Å². The molecule has 0 radical (unpaired) electrons. The molecule has 64 heavy (non-hydrogen) atoms. The van der Waals surface area contributed by atoms with Crippen molar-refractivity contribution < 1.29 is 0 Å². The Labute approximate surface area is 376 Å². The van der Waals surface area contributed by atoms with Gasteiger partial charge in [-0.15, -0.1) is 11.3 Å². The first-order valence-electron chi connectivity index (χ1n) is 21.4. The van der Waals surface area contributed by atoms with Gasteiger partial charge < -0.3 is 0 Å². The number of fused-ring (bicyclic) bond motifs is 3. The van der Waals surface area contributed by atoms with Gasteiger partial charge in [0.05, 0.1) is 0 Å². The number of hydrogen-bond donors (Lipinski definition) is 0. The minimum atomic E-state index is 0.637. The second-order valence-corrected chi connectivity index (χ2v) is 17.2. The van der Waals surface area contributed by atoms with Crippen LogP contribution >= 0.6 is 11.3 Å². The first kappa shape index (κ1) is 38.9. The summed E-state index contributed by atoms with van der Waals surface area (Å²) in [7, 11) is 0. The van der Waals surface area contributed by atoms with Gasteiger partial charge >= 0.3 is 0 Å². The van der Waals surface area contributed by atoms with Crippen molar-refractivity contribution in [2.45, 2.75) is 20.3 Å². The molecule has 3 heterocycles. The molecule has 7 heteroatoms. The lowest BCUT2D eigenvalue weighted by atomic mass is 9.98. The molecule has 7 aromatic carbocycles. The van der Waals surface area contributed by atoms with Crippen LogP contribution in [0, 0.1) is 13.8 Å². The van der Waals surface area contributed by atoms with Gasteiger partial charge in [0, 0.05) is 54.8 Å². The van der Waals surface area contributed by atoms with Crippen molar-refractivity contribution in [3.8, 4) is 79.5 Å². The quantitative estimate of drug-likeness (QED) is 0.152. The van der Waals surface area contributed by atoms with Crippen molar-refractivity contribution in [3.05, 3.63) is 215 Å². The first-order chi connectivity index (χ1) is 31.5. The molecule has 0 unspecified atom stereocenters. The van der Waals surface area contributed by atoms with E-state index in [1.165, 1.54) is 31.7 Å². The van der Waals surface area contributed by atoms with Crippen LogP contribution < -0.4 is 0 Å². The minimum Gasteiger partial charge on any atom is -0.208 e. The molecule has 0 amide bonds. The van der Waals surface area contributed by atoms with Gasteiger partial charge in [-0.25, -0.2) is 29.9 Å². The number of rotatable bonds is 8. The summed E-state index contributed by atoms with van der Waals surface area (Å²) in [5.74, 6) is 3.86. The molecule has 1 aliphatic carbocycles. The van der Waals surface area contributed by atoms with E-state index in [1.807, 2.05) is 72.0 Å². The van der Waals surface area contributed by atoms with E-state index in [2.05, 4.69) is 147 Å². The number of nitrogens with zero attached hydrogens (tertiary/aromatic N) is 6. The van der Waals surface area contributed by atoms with E-state index < -0.39 is 0 Å². The Kier molecular flexibility index (Phi) is 10.1. The normalized spacial score (nSPS) is 12.2. The number of allylic oxidation sites excluding steroid dienone is 3. The molecule has 1 aliphatic rings. The SMILES string of the molecule is Cc1ccc(-c2nc(-c3ccccc3)nc(-c3cccc(C4=Cc5c(sc6ccc(-c7cccc(-c8nc(-c9ccccc9)nc(-c9ccc(C)cc9)n8)c7)cc56)CC=C4)c3)n2)cc1. The third kappa shape index (κ3) is 7.85. The van der Waals surface area contributed by atoms with Crippen LogP contribution in [0.2, 0.25) is 0 Å². The Morgan fingerprint density at radius 2 is 0.781 bits per heavy atom. The van der Waals surface area contributed by atoms with Crippen molar-refractivity contribution in [1.82, 2.24) is 29.9 Å². The molecule has 0 fully saturated rings. The highest BCUT2D eigenvalue weighted by Gasteiger charge is 2.18. The molecule has 0 saturated carbocycles. The van der Waals surface area contributed by atoms with Gasteiger partial charge in [0.1, 0.15) is 0 Å². The average Bonchev–Trinajstić information content (AvgIpc) is 3.55. The fraction of sp³-hybridized carbons (Fsp3) is 0.0526. The van der Waals surface area contributed by atoms with Gasteiger partial charge in [0.2, 0.25) is 0 Å². The molecule has 0 atom stereocenters. The van der Waals surface area contributed by atoms with Crippen molar-refractivity contribution in [1.29, 1.82) is 0 Å². The van der Waals surface area contributed by atoms with Crippen LogP contribution in [0.25, 0.3) is 101 Å². The summed E-state index contributed by atoms with van der Waals surface area (Å²) >= 11 is 1.86. The van der Waals surface area contributed by atoms with Gasteiger partial charge in [-0.3, -0.25) is 0 Å². The van der Waals surface area contributed by atoms with E-state index in [4.69, 9.17) is 29.9 Å². The van der Waals surface area contributed by atoms with Gasteiger partial charge in [0.25, 0.3) is 0 Å². The highest BCUT2D eigenvalue weighted by atomic mass is 32.1. The van der Waals surface area contributed by atoms with Crippen molar-refractivity contribution in [3.63, 3.8) is 0 Å². The summed E-state index contributed by atoms with van der Waals surface area (Å²) in [5, 5.41) is 1.24. The van der Waals surface area contributed by atoms with Gasteiger partial charge in [-0.05, 0) is 72.0 Å². The predicted molar refractivity (Wildman–Crippen MR) is 263 cm³/mol. The third-order valence-corrected chi connectivity index (χ3v) is 12.8. The Balaban J connectivity index is 0.958. The highest BCUT2D eigenvalue weighted by Crippen LogP contribution is 2.40. The van der Waals surface area contributed by atoms with Crippen LogP contribution in [0.3, 0.4) is 0 Å². The van der Waals surface area contributed by atoms with E-state index in [9.17, 15) is 0 Å². The number of benzene rings is 7. The molecule has 3 aromatic heterocycles. The summed E-state index contributed by atoms with van der Waals surface area (Å²) in [5.41, 5.74) is 13.8. The number of hydrogen-bond acceptors (Lipinski definition) is 7. The second kappa shape index (κ2) is 16.7. The monoisotopic (exact) mass is 840 g/mol. The lowest BCUT2D eigenvalue weighted by Gasteiger charge is -2.10. The third-order valence-electron chi connectivity index (χ3n) is 11.6. The maximum atomic E-state index is 5.04. The van der Waals surface area contributed by atoms with Gasteiger partial charge in [-0.1, -0.05) is 175 Å². The smallest absolute Gasteiger partial charge is 0.164 e. The highest BCUT2D eigenvalue weighted by molar-refractivity contribution is 7.19. The van der Waals surface area contributed by atoms with Gasteiger partial charge in [0.15, 0.2) is 34.9 Å². The fourth-order valence-electron chi connectivity index (χ4n) is 8.11. The zero-order chi connectivity index (χ0) is 43.0. The molecular weight excluding hydrogens is 801 g/mol. The van der Waals surface area contributed by atoms with Crippen LogP contribution in [0.1, 0.15) is 27.1 Å². The predicted octanol–water partition coefficient (Wildman–Crippen LogP) is 14.2. The van der Waals surface area contributed by atoms with Crippen molar-refractivity contribution in [2.24, 2.45) is 0 Å². The standard InChI is InChI=1S/C57H40N6S/c1-36-22-26-40(27-23-36)54-58-52(38-12-5-3-6-13-38)60-56(62-54)46-19-9-16-42(32-46)44-18-11-21-50-48(34-44)49-35-45(30-31-51(49)64-50)43-17-10-20-47(33-43)57-61-53(39-14-7-4-8-15-39)59-55(63-57)41-28-24-37(2)25-29-41/h3-20,22-35H,21H2,1-2H3. The van der Waals surface area contributed by atoms with E-state index in [-0.39, 0.29) is 0 Å². The molecule has 0 N–H and O–H groups in total. The average molecular weight is 841 g/mol. The van der Waals surface area contributed by atoms with Gasteiger partial charge in [-0.2, -0.15) is 0 Å². The van der Waals surface area contributed by atoms with Crippen molar-refractivity contribution in [2.75, 3.05) is 0 Å². The largest absolute Gasteiger partial charge is 0.208 e. The van der Waals surface area contributed by atoms with E-state index in [1.54, 1.807) is 0 Å². The van der Waals surface area contributed by atoms with Crippen LogP contribution in [-0.4, -0.2) is 29.9 Å². The maximum Gasteiger partial charge on any atom is 0.164 e. The minimum absolute atomic E-state index is 0.637. The Bertz CT molecular complexity index is 3410. The molecule has 304 valence electrons. The van der Waals surface area contributed by atoms with Crippen LogP contribution in [0.15, 0.2) is 188 Å². The molecule has 0 bridgehead atoms. The molecule has 0 spiro atoms. The number of aryl methyl sites for hydroxylation is 2. The maximum absolute atomic E-state index is 5.04. The second-order valence-electron chi connectivity index (χ2n) is 16.1. The zero-order valence-electron chi connectivity index (χ0n) is 35.3.